The molecule has 0 N–H and O–H groups in total. The van der Waals surface area contributed by atoms with Crippen LogP contribution < -0.4 is 9.47 Å². The first-order chi connectivity index (χ1) is 9.60. The molecule has 0 saturated carbocycles. The molecule has 2 heterocycles. The van der Waals surface area contributed by atoms with Crippen LogP contribution >= 0.6 is 0 Å². The van der Waals surface area contributed by atoms with Gasteiger partial charge in [0.1, 0.15) is 0 Å². The summed E-state index contributed by atoms with van der Waals surface area (Å²) in [5.74, 6) is 0.0891. The second-order valence-corrected chi connectivity index (χ2v) is 6.30. The normalized spacial score (nSPS) is 24.4. The highest BCUT2D eigenvalue weighted by Gasteiger charge is 2.52. The molecule has 3 rings (SSSR count). The molecular weight excluding hydrogens is 281 g/mol. The van der Waals surface area contributed by atoms with E-state index in [-0.39, 0.29) is 11.5 Å². The maximum atomic E-state index is 13.2. The van der Waals surface area contributed by atoms with E-state index in [0.29, 0.717) is 11.9 Å². The van der Waals surface area contributed by atoms with Gasteiger partial charge in [-0.2, -0.15) is 0 Å². The highest BCUT2D eigenvalue weighted by atomic mass is 19.3. The summed E-state index contributed by atoms with van der Waals surface area (Å²) >= 11 is 0. The fraction of sp³-hybridized carbons (Fsp3) is 0.571. The molecule has 0 radical (unpaired) electrons. The lowest BCUT2D eigenvalue weighted by molar-refractivity contribution is -0.286. The summed E-state index contributed by atoms with van der Waals surface area (Å²) in [6.07, 6.45) is -3.30. The molecule has 1 fully saturated rings. The van der Waals surface area contributed by atoms with Gasteiger partial charge < -0.3 is 18.8 Å². The molecule has 0 unspecified atom stereocenters. The van der Waals surface area contributed by atoms with Crippen molar-refractivity contribution in [2.75, 3.05) is 0 Å². The monoisotopic (exact) mass is 298 g/mol. The van der Waals surface area contributed by atoms with Gasteiger partial charge in [-0.15, -0.1) is 8.78 Å². The number of hydrogen-bond donors (Lipinski definition) is 0. The standard InChI is InChI=1S/C14H17BF2O4/c1-12(2)13(3,4)21-15(20-12)8-9-6-5-7-10-11(9)19-14(16,17)18-10/h5-7H,8H2,1-4H3. The topological polar surface area (TPSA) is 36.9 Å². The second kappa shape index (κ2) is 4.33. The zero-order valence-corrected chi connectivity index (χ0v) is 12.4. The summed E-state index contributed by atoms with van der Waals surface area (Å²) in [5, 5.41) is 0. The van der Waals surface area contributed by atoms with Crippen LogP contribution in [0.25, 0.3) is 0 Å². The van der Waals surface area contributed by atoms with Crippen molar-refractivity contribution < 1.29 is 27.6 Å². The van der Waals surface area contributed by atoms with Gasteiger partial charge in [-0.05, 0) is 39.3 Å². The molecule has 4 nitrogen and oxygen atoms in total. The van der Waals surface area contributed by atoms with Crippen LogP contribution in [0.1, 0.15) is 33.3 Å². The highest BCUT2D eigenvalue weighted by Crippen LogP contribution is 2.44. The van der Waals surface area contributed by atoms with Crippen LogP contribution in [0.5, 0.6) is 11.5 Å². The van der Waals surface area contributed by atoms with Crippen molar-refractivity contribution in [1.29, 1.82) is 0 Å². The van der Waals surface area contributed by atoms with Crippen LogP contribution in [0, 0.1) is 0 Å². The number of rotatable bonds is 2. The minimum atomic E-state index is -3.62. The third-order valence-electron chi connectivity index (χ3n) is 4.20. The Balaban J connectivity index is 1.81. The zero-order valence-electron chi connectivity index (χ0n) is 12.4. The Labute approximate surface area is 122 Å². The molecule has 0 spiro atoms. The highest BCUT2D eigenvalue weighted by molar-refractivity contribution is 6.45. The first-order valence-electron chi connectivity index (χ1n) is 6.83. The van der Waals surface area contributed by atoms with Crippen LogP contribution in [0.4, 0.5) is 8.78 Å². The van der Waals surface area contributed by atoms with Gasteiger partial charge >= 0.3 is 13.4 Å². The average molecular weight is 298 g/mol. The summed E-state index contributed by atoms with van der Waals surface area (Å²) in [4.78, 5) is 0. The SMILES string of the molecule is CC1(C)OB(Cc2cccc3c2OC(F)(F)O3)OC1(C)C. The van der Waals surface area contributed by atoms with E-state index in [1.54, 1.807) is 12.1 Å². The zero-order chi connectivity index (χ0) is 15.5. The Bertz CT molecular complexity index is 558. The van der Waals surface area contributed by atoms with Crippen molar-refractivity contribution >= 4 is 7.12 Å². The minimum absolute atomic E-state index is 0.0361. The largest absolute Gasteiger partial charge is 0.586 e. The molecule has 0 atom stereocenters. The first kappa shape index (κ1) is 14.6. The number of hydrogen-bond acceptors (Lipinski definition) is 4. The van der Waals surface area contributed by atoms with Crippen molar-refractivity contribution in [2.24, 2.45) is 0 Å². The molecule has 1 aromatic carbocycles. The molecule has 2 aliphatic rings. The summed E-state index contributed by atoms with van der Waals surface area (Å²) in [6.45, 7) is 7.76. The molecule has 1 saturated heterocycles. The molecule has 7 heteroatoms. The predicted molar refractivity (Wildman–Crippen MR) is 72.4 cm³/mol. The van der Waals surface area contributed by atoms with E-state index in [1.807, 2.05) is 27.7 Å². The molecule has 0 aromatic heterocycles. The van der Waals surface area contributed by atoms with E-state index >= 15 is 0 Å². The number of ether oxygens (including phenoxy) is 2. The van der Waals surface area contributed by atoms with E-state index in [0.717, 1.165) is 0 Å². The first-order valence-corrected chi connectivity index (χ1v) is 6.83. The van der Waals surface area contributed by atoms with Crippen LogP contribution in [0.3, 0.4) is 0 Å². The smallest absolute Gasteiger partial charge is 0.403 e. The van der Waals surface area contributed by atoms with Gasteiger partial charge in [0.15, 0.2) is 11.5 Å². The lowest BCUT2D eigenvalue weighted by Gasteiger charge is -2.32. The quantitative estimate of drug-likeness (QED) is 0.786. The van der Waals surface area contributed by atoms with Crippen LogP contribution in [0.15, 0.2) is 18.2 Å². The number of para-hydroxylation sites is 1. The Kier molecular flexibility index (Phi) is 3.01. The van der Waals surface area contributed by atoms with Gasteiger partial charge in [0.25, 0.3) is 0 Å². The molecule has 0 amide bonds. The van der Waals surface area contributed by atoms with Crippen LogP contribution in [-0.2, 0) is 15.6 Å². The summed E-state index contributed by atoms with van der Waals surface area (Å²) in [5.41, 5.74) is -0.350. The second-order valence-electron chi connectivity index (χ2n) is 6.30. The lowest BCUT2D eigenvalue weighted by Crippen LogP contribution is -2.41. The Morgan fingerprint density at radius 3 is 2.24 bits per heavy atom. The van der Waals surface area contributed by atoms with Gasteiger partial charge in [-0.3, -0.25) is 0 Å². The van der Waals surface area contributed by atoms with Crippen LogP contribution in [0.2, 0.25) is 0 Å². The van der Waals surface area contributed by atoms with Crippen molar-refractivity contribution in [2.45, 2.75) is 51.5 Å². The van der Waals surface area contributed by atoms with Crippen molar-refractivity contribution in [3.63, 3.8) is 0 Å². The van der Waals surface area contributed by atoms with E-state index in [4.69, 9.17) is 9.31 Å². The maximum Gasteiger partial charge on any atom is 0.586 e. The maximum absolute atomic E-state index is 13.2. The molecule has 21 heavy (non-hydrogen) atoms. The molecule has 2 aliphatic heterocycles. The van der Waals surface area contributed by atoms with Crippen molar-refractivity contribution in [3.05, 3.63) is 23.8 Å². The third-order valence-corrected chi connectivity index (χ3v) is 4.20. The minimum Gasteiger partial charge on any atom is -0.403 e. The lowest BCUT2D eigenvalue weighted by atomic mass is 9.80. The van der Waals surface area contributed by atoms with Crippen LogP contribution in [-0.4, -0.2) is 24.6 Å². The third kappa shape index (κ3) is 2.49. The number of alkyl halides is 2. The van der Waals surface area contributed by atoms with E-state index < -0.39 is 24.6 Å². The number of halogens is 2. The average Bonchev–Trinajstić information content (AvgIpc) is 2.72. The predicted octanol–water partition coefficient (Wildman–Crippen LogP) is 3.18. The van der Waals surface area contributed by atoms with Crippen molar-refractivity contribution in [3.8, 4) is 11.5 Å². The van der Waals surface area contributed by atoms with Gasteiger partial charge in [0, 0.05) is 6.32 Å². The summed E-state index contributed by atoms with van der Waals surface area (Å²) in [7, 11) is -0.515. The van der Waals surface area contributed by atoms with Gasteiger partial charge in [-0.25, -0.2) is 0 Å². The molecular formula is C14H17BF2O4. The molecule has 0 aliphatic carbocycles. The van der Waals surface area contributed by atoms with Crippen molar-refractivity contribution in [1.82, 2.24) is 0 Å². The van der Waals surface area contributed by atoms with E-state index in [9.17, 15) is 8.78 Å². The summed E-state index contributed by atoms with van der Waals surface area (Å²) < 4.78 is 47.1. The number of fused-ring (bicyclic) bond motifs is 1. The Morgan fingerprint density at radius 2 is 1.62 bits per heavy atom. The molecule has 0 bridgehead atoms. The number of benzene rings is 1. The molecule has 1 aromatic rings. The fourth-order valence-corrected chi connectivity index (χ4v) is 2.41. The van der Waals surface area contributed by atoms with Gasteiger partial charge in [0.2, 0.25) is 0 Å². The Hall–Kier alpha value is -1.34. The van der Waals surface area contributed by atoms with E-state index in [1.165, 1.54) is 6.07 Å². The van der Waals surface area contributed by atoms with Gasteiger partial charge in [-0.1, -0.05) is 12.1 Å². The summed E-state index contributed by atoms with van der Waals surface area (Å²) in [6, 6.07) is 4.79. The Morgan fingerprint density at radius 1 is 1.00 bits per heavy atom. The molecule has 114 valence electrons. The van der Waals surface area contributed by atoms with E-state index in [2.05, 4.69) is 9.47 Å². The van der Waals surface area contributed by atoms with Gasteiger partial charge in [0.05, 0.1) is 11.2 Å². The fourth-order valence-electron chi connectivity index (χ4n) is 2.41.